The van der Waals surface area contributed by atoms with Gasteiger partial charge in [0.1, 0.15) is 35.2 Å². The van der Waals surface area contributed by atoms with E-state index in [1.807, 2.05) is 56.3 Å². The molecule has 1 N–H and O–H groups in total. The first-order valence-electron chi connectivity index (χ1n) is 11.1. The van der Waals surface area contributed by atoms with Crippen molar-refractivity contribution in [2.45, 2.75) is 32.7 Å². The Balaban J connectivity index is 1.56. The summed E-state index contributed by atoms with van der Waals surface area (Å²) >= 11 is 0. The number of ether oxygens (including phenoxy) is 4. The second-order valence-electron chi connectivity index (χ2n) is 8.51. The number of rotatable bonds is 9. The average molecular weight is 461 g/mol. The summed E-state index contributed by atoms with van der Waals surface area (Å²) in [4.78, 5) is 13.2. The lowest BCUT2D eigenvalue weighted by atomic mass is 9.99. The highest BCUT2D eigenvalue weighted by atomic mass is 16.5. The molecule has 6 nitrogen and oxygen atoms in total. The van der Waals surface area contributed by atoms with Gasteiger partial charge in [-0.05, 0) is 55.8 Å². The van der Waals surface area contributed by atoms with Gasteiger partial charge < -0.3 is 24.1 Å². The minimum atomic E-state index is -0.449. The largest absolute Gasteiger partial charge is 0.497 e. The molecule has 4 rings (SSSR count). The lowest BCUT2D eigenvalue weighted by Crippen LogP contribution is -2.27. The van der Waals surface area contributed by atoms with Gasteiger partial charge in [0, 0.05) is 11.6 Å². The average Bonchev–Trinajstić information content (AvgIpc) is 2.85. The summed E-state index contributed by atoms with van der Waals surface area (Å²) in [5.74, 6) is 1.82. The highest BCUT2D eigenvalue weighted by Gasteiger charge is 2.26. The van der Waals surface area contributed by atoms with Crippen molar-refractivity contribution in [3.8, 4) is 23.0 Å². The number of fused-ring (bicyclic) bond motifs is 1. The Kier molecular flexibility index (Phi) is 6.89. The van der Waals surface area contributed by atoms with Crippen LogP contribution in [0.15, 0.2) is 66.7 Å². The Morgan fingerprint density at radius 3 is 2.56 bits per heavy atom. The van der Waals surface area contributed by atoms with Gasteiger partial charge in [0.25, 0.3) is 0 Å². The van der Waals surface area contributed by atoms with Crippen LogP contribution >= 0.6 is 0 Å². The third-order valence-corrected chi connectivity index (χ3v) is 5.51. The number of benzene rings is 3. The molecule has 0 bridgehead atoms. The first-order valence-corrected chi connectivity index (χ1v) is 11.1. The second-order valence-corrected chi connectivity index (χ2v) is 8.51. The number of ketones is 1. The number of hydrogen-bond acceptors (Lipinski definition) is 6. The van der Waals surface area contributed by atoms with Crippen LogP contribution in [0.5, 0.6) is 23.0 Å². The molecular weight excluding hydrogens is 432 g/mol. The molecule has 3 aromatic carbocycles. The monoisotopic (exact) mass is 460 g/mol. The maximum absolute atomic E-state index is 13.2. The molecule has 176 valence electrons. The first kappa shape index (κ1) is 23.4. The van der Waals surface area contributed by atoms with Gasteiger partial charge in [-0.15, -0.1) is 0 Å². The Hall–Kier alpha value is -3.77. The zero-order valence-electron chi connectivity index (χ0n) is 19.5. The van der Waals surface area contributed by atoms with Gasteiger partial charge in [0.2, 0.25) is 5.78 Å². The Bertz CT molecular complexity index is 1200. The molecule has 0 spiro atoms. The number of Topliss-reactive ketones (excluding diaryl/α,β-unsaturated/α-hetero) is 1. The molecule has 0 saturated carbocycles. The molecule has 1 aliphatic heterocycles. The van der Waals surface area contributed by atoms with E-state index in [4.69, 9.17) is 18.9 Å². The molecule has 3 aromatic rings. The molecule has 34 heavy (non-hydrogen) atoms. The molecule has 1 aliphatic rings. The molecule has 1 heterocycles. The summed E-state index contributed by atoms with van der Waals surface area (Å²) in [6, 6.07) is 18.3. The molecule has 0 aliphatic carbocycles. The van der Waals surface area contributed by atoms with Crippen molar-refractivity contribution in [2.24, 2.45) is 0 Å². The smallest absolute Gasteiger partial charge is 0.203 e. The van der Waals surface area contributed by atoms with Crippen LogP contribution in [0.1, 0.15) is 40.9 Å². The third kappa shape index (κ3) is 5.24. The fraction of sp³-hybridized carbons (Fsp3) is 0.250. The minimum absolute atomic E-state index is 0.220. The SMILES string of the molecule is COc1ccc(C(=O)COc2c(CO)ccc3c2C=CC(C)(C)O3)c(OCc2ccccc2)c1. The van der Waals surface area contributed by atoms with E-state index in [0.717, 1.165) is 5.56 Å². The molecule has 0 unspecified atom stereocenters. The van der Waals surface area contributed by atoms with Crippen LogP contribution in [0.4, 0.5) is 0 Å². The fourth-order valence-corrected chi connectivity index (χ4v) is 3.70. The maximum Gasteiger partial charge on any atom is 0.203 e. The quantitative estimate of drug-likeness (QED) is 0.442. The van der Waals surface area contributed by atoms with Crippen molar-refractivity contribution >= 4 is 11.9 Å². The van der Waals surface area contributed by atoms with Crippen LogP contribution in [-0.4, -0.2) is 30.2 Å². The maximum atomic E-state index is 13.2. The summed E-state index contributed by atoms with van der Waals surface area (Å²) in [5, 5.41) is 9.82. The van der Waals surface area contributed by atoms with Crippen molar-refractivity contribution < 1.29 is 28.8 Å². The zero-order valence-corrected chi connectivity index (χ0v) is 19.5. The van der Waals surface area contributed by atoms with Gasteiger partial charge >= 0.3 is 0 Å². The van der Waals surface area contributed by atoms with E-state index in [1.165, 1.54) is 0 Å². The predicted molar refractivity (Wildman–Crippen MR) is 130 cm³/mol. The van der Waals surface area contributed by atoms with Crippen molar-refractivity contribution in [3.63, 3.8) is 0 Å². The van der Waals surface area contributed by atoms with Crippen molar-refractivity contribution in [2.75, 3.05) is 13.7 Å². The molecule has 0 saturated heterocycles. The zero-order chi connectivity index (χ0) is 24.1. The fourth-order valence-electron chi connectivity index (χ4n) is 3.70. The molecule has 0 radical (unpaired) electrons. The number of aliphatic hydroxyl groups excluding tert-OH is 1. The highest BCUT2D eigenvalue weighted by molar-refractivity contribution is 6.00. The van der Waals surface area contributed by atoms with E-state index in [9.17, 15) is 9.90 Å². The van der Waals surface area contributed by atoms with Gasteiger partial charge in [-0.3, -0.25) is 4.79 Å². The molecule has 0 aromatic heterocycles. The van der Waals surface area contributed by atoms with E-state index in [0.29, 0.717) is 46.3 Å². The standard InChI is InChI=1S/C28H28O6/c1-28(2)14-13-23-25(34-28)12-9-20(16-29)27(23)33-18-24(30)22-11-10-21(31-3)15-26(22)32-17-19-7-5-4-6-8-19/h4-15,29H,16-18H2,1-3H3. The van der Waals surface area contributed by atoms with Crippen LogP contribution in [-0.2, 0) is 13.2 Å². The summed E-state index contributed by atoms with van der Waals surface area (Å²) in [5.41, 5.74) is 2.21. The number of methoxy groups -OCH3 is 1. The number of carbonyl (C=O) groups is 1. The van der Waals surface area contributed by atoms with Crippen LogP contribution in [0.2, 0.25) is 0 Å². The first-order chi connectivity index (χ1) is 16.4. The number of hydrogen-bond donors (Lipinski definition) is 1. The lowest BCUT2D eigenvalue weighted by Gasteiger charge is -2.29. The number of carbonyl (C=O) groups excluding carboxylic acids is 1. The molecule has 6 heteroatoms. The van der Waals surface area contributed by atoms with E-state index in [-0.39, 0.29) is 19.0 Å². The van der Waals surface area contributed by atoms with E-state index >= 15 is 0 Å². The predicted octanol–water partition coefficient (Wildman–Crippen LogP) is 5.21. The van der Waals surface area contributed by atoms with Crippen molar-refractivity contribution in [1.29, 1.82) is 0 Å². The Labute approximate surface area is 199 Å². The van der Waals surface area contributed by atoms with Gasteiger partial charge in [-0.2, -0.15) is 0 Å². The van der Waals surface area contributed by atoms with E-state index in [2.05, 4.69) is 0 Å². The Morgan fingerprint density at radius 2 is 1.82 bits per heavy atom. The molecule has 0 fully saturated rings. The van der Waals surface area contributed by atoms with Gasteiger partial charge in [-0.1, -0.05) is 30.3 Å². The van der Waals surface area contributed by atoms with Crippen LogP contribution in [0, 0.1) is 0 Å². The van der Waals surface area contributed by atoms with Crippen molar-refractivity contribution in [1.82, 2.24) is 0 Å². The van der Waals surface area contributed by atoms with Gasteiger partial charge in [0.15, 0.2) is 6.61 Å². The van der Waals surface area contributed by atoms with Gasteiger partial charge in [-0.25, -0.2) is 0 Å². The molecule has 0 amide bonds. The molecular formula is C28H28O6. The summed E-state index contributed by atoms with van der Waals surface area (Å²) in [6.07, 6.45) is 3.82. The van der Waals surface area contributed by atoms with Crippen molar-refractivity contribution in [3.05, 3.63) is 89.0 Å². The summed E-state index contributed by atoms with van der Waals surface area (Å²) < 4.78 is 23.2. The van der Waals surface area contributed by atoms with Crippen LogP contribution in [0.3, 0.4) is 0 Å². The normalized spacial score (nSPS) is 13.5. The van der Waals surface area contributed by atoms with E-state index < -0.39 is 5.60 Å². The minimum Gasteiger partial charge on any atom is -0.497 e. The Morgan fingerprint density at radius 1 is 1.03 bits per heavy atom. The topological polar surface area (TPSA) is 74.2 Å². The third-order valence-electron chi connectivity index (χ3n) is 5.51. The van der Waals surface area contributed by atoms with Gasteiger partial charge in [0.05, 0.1) is 24.8 Å². The van der Waals surface area contributed by atoms with Crippen LogP contribution < -0.4 is 18.9 Å². The highest BCUT2D eigenvalue weighted by Crippen LogP contribution is 2.39. The van der Waals surface area contributed by atoms with Crippen LogP contribution in [0.25, 0.3) is 6.08 Å². The van der Waals surface area contributed by atoms with E-state index in [1.54, 1.807) is 37.4 Å². The number of aliphatic hydroxyl groups is 1. The summed E-state index contributed by atoms with van der Waals surface area (Å²) in [7, 11) is 1.56. The molecule has 0 atom stereocenters. The summed E-state index contributed by atoms with van der Waals surface area (Å²) in [6.45, 7) is 3.78. The second kappa shape index (κ2) is 10.0. The lowest BCUT2D eigenvalue weighted by molar-refractivity contribution is 0.0913.